The van der Waals surface area contributed by atoms with Gasteiger partial charge >= 0.3 is 12.2 Å². The molecule has 3 heterocycles. The molecule has 2 amide bonds. The maximum absolute atomic E-state index is 13.5. The van der Waals surface area contributed by atoms with Crippen molar-refractivity contribution >= 4 is 44.9 Å². The molecule has 14 heteroatoms. The zero-order valence-corrected chi connectivity index (χ0v) is 29.8. The average Bonchev–Trinajstić information content (AvgIpc) is 3.93. The fourth-order valence-corrected chi connectivity index (χ4v) is 7.70. The number of thiazole rings is 2. The molecular weight excluding hydrogens is 667 g/mol. The van der Waals surface area contributed by atoms with Crippen molar-refractivity contribution < 1.29 is 33.3 Å². The molecule has 0 bridgehead atoms. The van der Waals surface area contributed by atoms with Crippen molar-refractivity contribution in [3.63, 3.8) is 0 Å². The minimum Gasteiger partial charge on any atom is -0.452 e. The molecule has 2 aromatic carbocycles. The van der Waals surface area contributed by atoms with Crippen LogP contribution in [0.15, 0.2) is 84.1 Å². The molecule has 262 valence electrons. The van der Waals surface area contributed by atoms with Crippen molar-refractivity contribution in [3.8, 4) is 0 Å². The van der Waals surface area contributed by atoms with Crippen LogP contribution in [0.25, 0.3) is 0 Å². The number of ether oxygens (including phenoxy) is 5. The number of amides is 2. The largest absolute Gasteiger partial charge is 0.452 e. The Morgan fingerprint density at radius 1 is 0.776 bits per heavy atom. The maximum atomic E-state index is 13.5. The summed E-state index contributed by atoms with van der Waals surface area (Å²) in [6.07, 6.45) is 3.18. The SMILES string of the molecule is COC(=O)N(c1cncs1)[C@@H](Cc1ccccc1)CN(CC1CC(OC)OC1OC)C[C@H](Cc1ccccc1)N(C(=O)OC)c1cncs1. The van der Waals surface area contributed by atoms with E-state index in [0.29, 0.717) is 48.9 Å². The van der Waals surface area contributed by atoms with Crippen LogP contribution in [0, 0.1) is 5.92 Å². The van der Waals surface area contributed by atoms with Crippen molar-refractivity contribution in [1.82, 2.24) is 14.9 Å². The van der Waals surface area contributed by atoms with E-state index in [1.807, 2.05) is 36.4 Å². The van der Waals surface area contributed by atoms with Gasteiger partial charge in [0.05, 0.1) is 49.7 Å². The van der Waals surface area contributed by atoms with E-state index in [-0.39, 0.29) is 18.0 Å². The van der Waals surface area contributed by atoms with Crippen LogP contribution in [0.2, 0.25) is 0 Å². The number of nitrogens with zero attached hydrogens (tertiary/aromatic N) is 5. The van der Waals surface area contributed by atoms with Gasteiger partial charge in [0.25, 0.3) is 0 Å². The van der Waals surface area contributed by atoms with Crippen molar-refractivity contribution in [2.75, 3.05) is 57.9 Å². The average molecular weight is 710 g/mol. The first-order valence-electron chi connectivity index (χ1n) is 16.0. The van der Waals surface area contributed by atoms with E-state index in [9.17, 15) is 9.59 Å². The predicted octanol–water partition coefficient (Wildman–Crippen LogP) is 5.95. The lowest BCUT2D eigenvalue weighted by molar-refractivity contribution is -0.193. The molecule has 0 saturated carbocycles. The standard InChI is InChI=1S/C35H43N5O7S2/c1-43-32-17-27(33(44-2)47-32)20-38(21-28(15-25-11-7-5-8-12-25)39(34(41)45-3)30-18-36-23-48-30)22-29(16-26-13-9-6-10-14-26)40(35(42)46-4)31-19-37-24-49-31/h5-14,18-19,23-24,27-29,32-33H,15-17,20-22H2,1-4H3/t27?,28-,29-,32?,33?/m0/s1. The summed E-state index contributed by atoms with van der Waals surface area (Å²) in [5.41, 5.74) is 5.52. The van der Waals surface area contributed by atoms with E-state index < -0.39 is 24.8 Å². The Bertz CT molecular complexity index is 1450. The number of rotatable bonds is 16. The van der Waals surface area contributed by atoms with Crippen LogP contribution in [0.5, 0.6) is 0 Å². The lowest BCUT2D eigenvalue weighted by Gasteiger charge is -2.39. The molecule has 49 heavy (non-hydrogen) atoms. The summed E-state index contributed by atoms with van der Waals surface area (Å²) in [7, 11) is 6.02. The third-order valence-corrected chi connectivity index (χ3v) is 10.0. The number of aromatic nitrogens is 2. The number of carbonyl (C=O) groups excluding carboxylic acids is 2. The monoisotopic (exact) mass is 709 g/mol. The van der Waals surface area contributed by atoms with Gasteiger partial charge in [-0.1, -0.05) is 60.7 Å². The molecule has 1 aliphatic heterocycles. The first-order chi connectivity index (χ1) is 23.9. The summed E-state index contributed by atoms with van der Waals surface area (Å²) in [6.45, 7) is 1.38. The highest BCUT2D eigenvalue weighted by molar-refractivity contribution is 7.14. The summed E-state index contributed by atoms with van der Waals surface area (Å²) in [6, 6.07) is 19.4. The van der Waals surface area contributed by atoms with E-state index in [0.717, 1.165) is 11.1 Å². The Morgan fingerprint density at radius 2 is 1.27 bits per heavy atom. The third-order valence-electron chi connectivity index (χ3n) is 8.51. The zero-order chi connectivity index (χ0) is 34.6. The number of hydrogen-bond donors (Lipinski definition) is 0. The highest BCUT2D eigenvalue weighted by atomic mass is 32.1. The summed E-state index contributed by atoms with van der Waals surface area (Å²) in [5, 5.41) is 1.35. The van der Waals surface area contributed by atoms with Gasteiger partial charge in [-0.05, 0) is 24.0 Å². The van der Waals surface area contributed by atoms with Crippen molar-refractivity contribution in [2.24, 2.45) is 5.92 Å². The minimum atomic E-state index is -0.496. The molecule has 0 N–H and O–H groups in total. The normalized spacial score (nSPS) is 18.6. The molecule has 2 aromatic heterocycles. The summed E-state index contributed by atoms with van der Waals surface area (Å²) < 4.78 is 28.1. The fourth-order valence-electron chi connectivity index (χ4n) is 6.32. The van der Waals surface area contributed by atoms with Gasteiger partial charge in [-0.25, -0.2) is 9.59 Å². The highest BCUT2D eigenvalue weighted by Gasteiger charge is 2.39. The van der Waals surface area contributed by atoms with Crippen LogP contribution < -0.4 is 9.80 Å². The van der Waals surface area contributed by atoms with Gasteiger partial charge in [0.2, 0.25) is 0 Å². The molecular formula is C35H43N5O7S2. The Hall–Kier alpha value is -3.92. The van der Waals surface area contributed by atoms with E-state index >= 15 is 0 Å². The number of carbonyl (C=O) groups is 2. The van der Waals surface area contributed by atoms with Crippen LogP contribution in [-0.4, -0.2) is 99.8 Å². The van der Waals surface area contributed by atoms with Gasteiger partial charge in [0, 0.05) is 46.2 Å². The van der Waals surface area contributed by atoms with Gasteiger partial charge in [-0.3, -0.25) is 24.7 Å². The Kier molecular flexibility index (Phi) is 13.5. The number of anilines is 2. The van der Waals surface area contributed by atoms with Crippen molar-refractivity contribution in [3.05, 3.63) is 95.2 Å². The van der Waals surface area contributed by atoms with Gasteiger partial charge < -0.3 is 23.7 Å². The van der Waals surface area contributed by atoms with Crippen molar-refractivity contribution in [2.45, 2.75) is 43.9 Å². The Morgan fingerprint density at radius 3 is 1.65 bits per heavy atom. The van der Waals surface area contributed by atoms with Gasteiger partial charge in [0.15, 0.2) is 12.6 Å². The molecule has 5 rings (SSSR count). The highest BCUT2D eigenvalue weighted by Crippen LogP contribution is 2.31. The summed E-state index contributed by atoms with van der Waals surface area (Å²) >= 11 is 2.74. The van der Waals surface area contributed by atoms with Crippen LogP contribution in [-0.2, 0) is 36.5 Å². The number of methoxy groups -OCH3 is 4. The van der Waals surface area contributed by atoms with Gasteiger partial charge in [0.1, 0.15) is 10.0 Å². The van der Waals surface area contributed by atoms with Gasteiger partial charge in [-0.15, -0.1) is 22.7 Å². The Labute approximate surface area is 295 Å². The van der Waals surface area contributed by atoms with Crippen LogP contribution in [0.4, 0.5) is 19.6 Å². The van der Waals surface area contributed by atoms with Crippen LogP contribution in [0.3, 0.4) is 0 Å². The number of benzene rings is 2. The second-order valence-corrected chi connectivity index (χ2v) is 13.4. The third kappa shape index (κ3) is 9.62. The van der Waals surface area contributed by atoms with E-state index in [2.05, 4.69) is 39.1 Å². The quantitative estimate of drug-likeness (QED) is 0.138. The summed E-state index contributed by atoms with van der Waals surface area (Å²) in [5.74, 6) is -0.0605. The second kappa shape index (κ2) is 18.2. The van der Waals surface area contributed by atoms with Crippen molar-refractivity contribution in [1.29, 1.82) is 0 Å². The minimum absolute atomic E-state index is 0.0605. The number of hydrogen-bond acceptors (Lipinski definition) is 12. The van der Waals surface area contributed by atoms with Gasteiger partial charge in [-0.2, -0.15) is 0 Å². The molecule has 12 nitrogen and oxygen atoms in total. The lowest BCUT2D eigenvalue weighted by Crippen LogP contribution is -2.54. The zero-order valence-electron chi connectivity index (χ0n) is 28.1. The fraction of sp³-hybridized carbons (Fsp3) is 0.429. The molecule has 3 unspecified atom stereocenters. The smallest absolute Gasteiger partial charge is 0.415 e. The maximum Gasteiger partial charge on any atom is 0.415 e. The molecule has 1 fully saturated rings. The lowest BCUT2D eigenvalue weighted by atomic mass is 10.00. The molecule has 0 aliphatic carbocycles. The topological polar surface area (TPSA) is 116 Å². The Balaban J connectivity index is 1.57. The van der Waals surface area contributed by atoms with Crippen LogP contribution >= 0.6 is 22.7 Å². The first kappa shape index (κ1) is 36.4. The molecule has 0 radical (unpaired) electrons. The van der Waals surface area contributed by atoms with E-state index in [1.54, 1.807) is 47.4 Å². The first-order valence-corrected chi connectivity index (χ1v) is 17.7. The molecule has 1 aliphatic rings. The second-order valence-electron chi connectivity index (χ2n) is 11.7. The molecule has 0 spiro atoms. The molecule has 4 aromatic rings. The van der Waals surface area contributed by atoms with E-state index in [1.165, 1.54) is 36.9 Å². The summed E-state index contributed by atoms with van der Waals surface area (Å²) in [4.78, 5) is 41.3. The van der Waals surface area contributed by atoms with Crippen LogP contribution in [0.1, 0.15) is 17.5 Å². The van der Waals surface area contributed by atoms with E-state index in [4.69, 9.17) is 23.7 Å². The molecule has 1 saturated heterocycles. The predicted molar refractivity (Wildman–Crippen MR) is 189 cm³/mol. The molecule has 5 atom stereocenters.